The predicted octanol–water partition coefficient (Wildman–Crippen LogP) is 3.57. The monoisotopic (exact) mass is 322 g/mol. The lowest BCUT2D eigenvalue weighted by atomic mass is 10.1. The molecular weight excluding hydrogens is 304 g/mol. The third-order valence-electron chi connectivity index (χ3n) is 2.95. The van der Waals surface area contributed by atoms with E-state index in [1.54, 1.807) is 6.26 Å². The molecule has 0 aliphatic carbocycles. The Morgan fingerprint density at radius 3 is 2.74 bits per heavy atom. The van der Waals surface area contributed by atoms with Crippen LogP contribution >= 0.6 is 15.9 Å². The summed E-state index contributed by atoms with van der Waals surface area (Å²) in [5, 5.41) is 0. The Bertz CT molecular complexity index is 523. The van der Waals surface area contributed by atoms with Crippen molar-refractivity contribution in [2.24, 2.45) is 5.73 Å². The summed E-state index contributed by atoms with van der Waals surface area (Å²) >= 11 is 3.63. The summed E-state index contributed by atoms with van der Waals surface area (Å²) < 4.78 is 6.45. The number of anilines is 1. The number of benzene rings is 1. The van der Waals surface area contributed by atoms with Gasteiger partial charge in [-0.1, -0.05) is 6.07 Å². The zero-order valence-electron chi connectivity index (χ0n) is 11.3. The fourth-order valence-corrected chi connectivity index (χ4v) is 2.81. The first-order valence-electron chi connectivity index (χ1n) is 6.34. The second kappa shape index (κ2) is 6.26. The first-order chi connectivity index (χ1) is 9.06. The number of nitrogens with two attached hydrogens (primary N) is 1. The normalized spacial score (nSPS) is 12.4. The average molecular weight is 323 g/mol. The van der Waals surface area contributed by atoms with Crippen LogP contribution in [0.15, 0.2) is 45.5 Å². The first-order valence-corrected chi connectivity index (χ1v) is 7.13. The molecule has 0 aliphatic heterocycles. The maximum Gasteiger partial charge on any atom is 0.123 e. The van der Waals surface area contributed by atoms with Crippen LogP contribution < -0.4 is 10.6 Å². The molecule has 0 saturated carbocycles. The van der Waals surface area contributed by atoms with Crippen LogP contribution in [-0.2, 0) is 13.0 Å². The van der Waals surface area contributed by atoms with Crippen molar-refractivity contribution >= 4 is 21.6 Å². The molecule has 1 unspecified atom stereocenters. The summed E-state index contributed by atoms with van der Waals surface area (Å²) in [6.45, 7) is 2.77. The third-order valence-corrected chi connectivity index (χ3v) is 3.59. The second-order valence-electron chi connectivity index (χ2n) is 4.90. The van der Waals surface area contributed by atoms with E-state index < -0.39 is 0 Å². The quantitative estimate of drug-likeness (QED) is 0.915. The highest BCUT2D eigenvalue weighted by atomic mass is 79.9. The van der Waals surface area contributed by atoms with Gasteiger partial charge in [0.25, 0.3) is 0 Å². The molecule has 2 rings (SSSR count). The molecule has 1 aromatic heterocycles. The Hall–Kier alpha value is -1.26. The van der Waals surface area contributed by atoms with Crippen molar-refractivity contribution in [2.45, 2.75) is 25.9 Å². The highest BCUT2D eigenvalue weighted by Gasteiger charge is 2.09. The molecule has 0 aliphatic rings. The van der Waals surface area contributed by atoms with Gasteiger partial charge in [0.1, 0.15) is 5.76 Å². The van der Waals surface area contributed by atoms with E-state index in [2.05, 4.69) is 39.0 Å². The van der Waals surface area contributed by atoms with E-state index in [1.807, 2.05) is 26.1 Å². The molecule has 2 N–H and O–H groups in total. The van der Waals surface area contributed by atoms with E-state index in [4.69, 9.17) is 10.2 Å². The number of furan rings is 1. The van der Waals surface area contributed by atoms with Gasteiger partial charge in [0.2, 0.25) is 0 Å². The van der Waals surface area contributed by atoms with Crippen molar-refractivity contribution in [3.05, 3.63) is 52.4 Å². The molecule has 102 valence electrons. The molecule has 0 radical (unpaired) electrons. The Kier molecular flexibility index (Phi) is 4.66. The van der Waals surface area contributed by atoms with E-state index in [0.29, 0.717) is 0 Å². The lowest BCUT2D eigenvalue weighted by Crippen LogP contribution is -2.19. The van der Waals surface area contributed by atoms with Gasteiger partial charge >= 0.3 is 0 Å². The Morgan fingerprint density at radius 2 is 2.16 bits per heavy atom. The minimum Gasteiger partial charge on any atom is -0.467 e. The summed E-state index contributed by atoms with van der Waals surface area (Å²) in [7, 11) is 2.05. The summed E-state index contributed by atoms with van der Waals surface area (Å²) in [6, 6.07) is 10.4. The largest absolute Gasteiger partial charge is 0.467 e. The minimum absolute atomic E-state index is 0.179. The summed E-state index contributed by atoms with van der Waals surface area (Å²) in [5.74, 6) is 0.953. The number of halogens is 1. The van der Waals surface area contributed by atoms with Gasteiger partial charge in [-0.15, -0.1) is 0 Å². The van der Waals surface area contributed by atoms with Crippen LogP contribution in [0, 0.1) is 0 Å². The van der Waals surface area contributed by atoms with Crippen LogP contribution in [0.5, 0.6) is 0 Å². The fraction of sp³-hybridized carbons (Fsp3) is 0.333. The van der Waals surface area contributed by atoms with Gasteiger partial charge in [-0.05, 0) is 59.1 Å². The van der Waals surface area contributed by atoms with Crippen LogP contribution in [-0.4, -0.2) is 13.1 Å². The summed E-state index contributed by atoms with van der Waals surface area (Å²) in [6.07, 6.45) is 2.59. The zero-order chi connectivity index (χ0) is 13.8. The maximum absolute atomic E-state index is 5.82. The van der Waals surface area contributed by atoms with Gasteiger partial charge in [0.05, 0.1) is 18.5 Å². The molecule has 1 atom stereocenters. The second-order valence-corrected chi connectivity index (χ2v) is 5.76. The molecule has 0 saturated heterocycles. The first kappa shape index (κ1) is 14.2. The van der Waals surface area contributed by atoms with E-state index >= 15 is 0 Å². The molecule has 0 fully saturated rings. The Morgan fingerprint density at radius 1 is 1.37 bits per heavy atom. The van der Waals surface area contributed by atoms with Crippen molar-refractivity contribution in [2.75, 3.05) is 11.9 Å². The van der Waals surface area contributed by atoms with E-state index in [0.717, 1.165) is 28.9 Å². The summed E-state index contributed by atoms with van der Waals surface area (Å²) in [4.78, 5) is 2.15. The van der Waals surface area contributed by atoms with Gasteiger partial charge in [-0.3, -0.25) is 0 Å². The lowest BCUT2D eigenvalue weighted by molar-refractivity contribution is 0.507. The van der Waals surface area contributed by atoms with Crippen molar-refractivity contribution in [1.29, 1.82) is 0 Å². The smallest absolute Gasteiger partial charge is 0.123 e. The number of hydrogen-bond donors (Lipinski definition) is 1. The van der Waals surface area contributed by atoms with Crippen LogP contribution in [0.3, 0.4) is 0 Å². The van der Waals surface area contributed by atoms with Crippen molar-refractivity contribution in [1.82, 2.24) is 0 Å². The van der Waals surface area contributed by atoms with Crippen LogP contribution in [0.1, 0.15) is 18.2 Å². The Labute approximate surface area is 122 Å². The lowest BCUT2D eigenvalue weighted by Gasteiger charge is -2.20. The van der Waals surface area contributed by atoms with E-state index in [1.165, 1.54) is 5.56 Å². The highest BCUT2D eigenvalue weighted by Crippen LogP contribution is 2.28. The molecule has 1 aromatic carbocycles. The highest BCUT2D eigenvalue weighted by molar-refractivity contribution is 9.10. The third kappa shape index (κ3) is 3.85. The molecule has 2 aromatic rings. The summed E-state index contributed by atoms with van der Waals surface area (Å²) in [5.41, 5.74) is 8.22. The van der Waals surface area contributed by atoms with E-state index in [-0.39, 0.29) is 6.04 Å². The molecule has 0 bridgehead atoms. The number of nitrogens with zero attached hydrogens (tertiary/aromatic N) is 1. The van der Waals surface area contributed by atoms with Crippen molar-refractivity contribution < 1.29 is 4.42 Å². The minimum atomic E-state index is 0.179. The zero-order valence-corrected chi connectivity index (χ0v) is 12.9. The van der Waals surface area contributed by atoms with Gasteiger partial charge in [-0.2, -0.15) is 0 Å². The fourth-order valence-electron chi connectivity index (χ4n) is 2.08. The number of hydrogen-bond acceptors (Lipinski definition) is 3. The maximum atomic E-state index is 5.82. The van der Waals surface area contributed by atoms with E-state index in [9.17, 15) is 0 Å². The Balaban J connectivity index is 2.11. The topological polar surface area (TPSA) is 42.4 Å². The standard InChI is InChI=1S/C15H19BrN2O/c1-11(17)8-12-5-6-15(14(16)9-12)18(2)10-13-4-3-7-19-13/h3-7,9,11H,8,10,17H2,1-2H3. The van der Waals surface area contributed by atoms with Crippen LogP contribution in [0.25, 0.3) is 0 Å². The van der Waals surface area contributed by atoms with Gasteiger partial charge in [0, 0.05) is 17.6 Å². The van der Waals surface area contributed by atoms with Crippen molar-refractivity contribution in [3.8, 4) is 0 Å². The van der Waals surface area contributed by atoms with Gasteiger partial charge < -0.3 is 15.1 Å². The molecule has 4 heteroatoms. The molecular formula is C15H19BrN2O. The SMILES string of the molecule is CC(N)Cc1ccc(N(C)Cc2ccco2)c(Br)c1. The van der Waals surface area contributed by atoms with Gasteiger partial charge in [0.15, 0.2) is 0 Å². The number of rotatable bonds is 5. The van der Waals surface area contributed by atoms with Crippen molar-refractivity contribution in [3.63, 3.8) is 0 Å². The molecule has 0 amide bonds. The molecule has 1 heterocycles. The average Bonchev–Trinajstić information content (AvgIpc) is 2.80. The molecule has 3 nitrogen and oxygen atoms in total. The van der Waals surface area contributed by atoms with Crippen LogP contribution in [0.2, 0.25) is 0 Å². The molecule has 0 spiro atoms. The molecule has 19 heavy (non-hydrogen) atoms. The predicted molar refractivity (Wildman–Crippen MR) is 82.3 cm³/mol. The van der Waals surface area contributed by atoms with Gasteiger partial charge in [-0.25, -0.2) is 0 Å². The van der Waals surface area contributed by atoms with Crippen LogP contribution in [0.4, 0.5) is 5.69 Å².